The van der Waals surface area contributed by atoms with Crippen LogP contribution in [0.4, 0.5) is 0 Å². The van der Waals surface area contributed by atoms with Crippen molar-refractivity contribution in [1.29, 1.82) is 0 Å². The van der Waals surface area contributed by atoms with E-state index in [0.717, 1.165) is 25.9 Å². The first-order valence-corrected chi connectivity index (χ1v) is 9.42. The summed E-state index contributed by atoms with van der Waals surface area (Å²) in [6.45, 7) is 5.70. The molecule has 4 nitrogen and oxygen atoms in total. The van der Waals surface area contributed by atoms with Crippen LogP contribution in [-0.2, 0) is 14.2 Å². The molecule has 0 saturated carbocycles. The zero-order valence-electron chi connectivity index (χ0n) is 15.3. The molecule has 23 heavy (non-hydrogen) atoms. The van der Waals surface area contributed by atoms with Crippen LogP contribution in [-0.4, -0.2) is 44.7 Å². The Bertz CT molecular complexity index is 309. The Kier molecular flexibility index (Phi) is 11.6. The summed E-state index contributed by atoms with van der Waals surface area (Å²) in [4.78, 5) is 0. The molecule has 0 aromatic rings. The lowest BCUT2D eigenvalue weighted by Crippen LogP contribution is -2.58. The Balaban J connectivity index is 2.32. The second kappa shape index (κ2) is 12.9. The Hall–Kier alpha value is -0.420. The number of allylic oxidation sites excluding steroid dienone is 1. The van der Waals surface area contributed by atoms with E-state index in [1.807, 2.05) is 0 Å². The monoisotopic (exact) mass is 327 g/mol. The quantitative estimate of drug-likeness (QED) is 0.437. The van der Waals surface area contributed by atoms with E-state index in [2.05, 4.69) is 26.0 Å². The van der Waals surface area contributed by atoms with Gasteiger partial charge in [0.2, 0.25) is 0 Å². The maximum absolute atomic E-state index is 6.33. The molecule has 0 unspecified atom stereocenters. The van der Waals surface area contributed by atoms with Gasteiger partial charge in [0, 0.05) is 13.7 Å². The van der Waals surface area contributed by atoms with Crippen LogP contribution >= 0.6 is 0 Å². The molecule has 0 spiro atoms. The minimum atomic E-state index is -0.170. The Morgan fingerprint density at radius 1 is 1.09 bits per heavy atom. The van der Waals surface area contributed by atoms with Gasteiger partial charge >= 0.3 is 0 Å². The van der Waals surface area contributed by atoms with Crippen molar-refractivity contribution in [3.63, 3.8) is 0 Å². The average Bonchev–Trinajstić information content (AvgIpc) is 2.56. The number of hydrogen-bond acceptors (Lipinski definition) is 4. The van der Waals surface area contributed by atoms with Crippen LogP contribution < -0.4 is 5.73 Å². The standard InChI is InChI=1S/C19H37NO3/c1-4-6-8-9-10-11-12-13-16-18(20)19(21-3)17(15-23-16)22-14-7-5-2/h12-13,16-19H,4-11,14-15,20H2,1-3H3/t16-,17+,18+,19-/m0/s1. The smallest absolute Gasteiger partial charge is 0.109 e. The molecule has 2 N–H and O–H groups in total. The highest BCUT2D eigenvalue weighted by molar-refractivity contribution is 5.02. The fourth-order valence-electron chi connectivity index (χ4n) is 2.96. The molecule has 1 aliphatic heterocycles. The van der Waals surface area contributed by atoms with Gasteiger partial charge in [-0.2, -0.15) is 0 Å². The average molecular weight is 328 g/mol. The lowest BCUT2D eigenvalue weighted by atomic mass is 9.97. The van der Waals surface area contributed by atoms with Crippen LogP contribution in [0.3, 0.4) is 0 Å². The lowest BCUT2D eigenvalue weighted by Gasteiger charge is -2.39. The molecule has 0 aliphatic carbocycles. The van der Waals surface area contributed by atoms with Crippen molar-refractivity contribution in [3.8, 4) is 0 Å². The van der Waals surface area contributed by atoms with E-state index in [1.165, 1.54) is 32.1 Å². The predicted octanol–water partition coefficient (Wildman–Crippen LogP) is 3.83. The lowest BCUT2D eigenvalue weighted by molar-refractivity contribution is -0.154. The van der Waals surface area contributed by atoms with Crippen molar-refractivity contribution in [2.24, 2.45) is 5.73 Å². The number of nitrogens with two attached hydrogens (primary N) is 1. The van der Waals surface area contributed by atoms with Crippen LogP contribution in [0.5, 0.6) is 0 Å². The molecule has 4 heteroatoms. The molecular formula is C19H37NO3. The molecule has 0 aromatic carbocycles. The molecule has 136 valence electrons. The summed E-state index contributed by atoms with van der Waals surface area (Å²) in [5.74, 6) is 0. The molecule has 1 rings (SSSR count). The third-order valence-electron chi connectivity index (χ3n) is 4.48. The summed E-state index contributed by atoms with van der Waals surface area (Å²) in [5.41, 5.74) is 6.33. The second-order valence-electron chi connectivity index (χ2n) is 6.47. The van der Waals surface area contributed by atoms with Crippen molar-refractivity contribution in [3.05, 3.63) is 12.2 Å². The van der Waals surface area contributed by atoms with Crippen molar-refractivity contribution >= 4 is 0 Å². The van der Waals surface area contributed by atoms with Gasteiger partial charge in [-0.25, -0.2) is 0 Å². The van der Waals surface area contributed by atoms with Crippen molar-refractivity contribution in [2.45, 2.75) is 89.6 Å². The molecular weight excluding hydrogens is 290 g/mol. The number of ether oxygens (including phenoxy) is 3. The maximum atomic E-state index is 6.33. The minimum Gasteiger partial charge on any atom is -0.377 e. The normalized spacial score (nSPS) is 28.5. The SMILES string of the molecule is CCCCCCCC=C[C@@H]1OC[C@@H](OCCCC)[C@H](OC)[C@@H]1N. The Morgan fingerprint density at radius 3 is 2.52 bits per heavy atom. The van der Waals surface area contributed by atoms with Crippen LogP contribution in [0.2, 0.25) is 0 Å². The summed E-state index contributed by atoms with van der Waals surface area (Å²) in [7, 11) is 1.71. The van der Waals surface area contributed by atoms with E-state index >= 15 is 0 Å². The summed E-state index contributed by atoms with van der Waals surface area (Å²) >= 11 is 0. The molecule has 0 aromatic heterocycles. The first-order valence-electron chi connectivity index (χ1n) is 9.42. The fourth-order valence-corrected chi connectivity index (χ4v) is 2.96. The van der Waals surface area contributed by atoms with Gasteiger partial charge in [0.1, 0.15) is 12.2 Å². The number of unbranched alkanes of at least 4 members (excludes halogenated alkanes) is 6. The summed E-state index contributed by atoms with van der Waals surface area (Å²) < 4.78 is 17.4. The van der Waals surface area contributed by atoms with Gasteiger partial charge in [0.05, 0.1) is 18.8 Å². The topological polar surface area (TPSA) is 53.7 Å². The van der Waals surface area contributed by atoms with E-state index < -0.39 is 0 Å². The van der Waals surface area contributed by atoms with Crippen LogP contribution in [0.15, 0.2) is 12.2 Å². The van der Waals surface area contributed by atoms with Crippen molar-refractivity contribution in [1.82, 2.24) is 0 Å². The largest absolute Gasteiger partial charge is 0.377 e. The molecule has 1 fully saturated rings. The van der Waals surface area contributed by atoms with Gasteiger partial charge in [0.25, 0.3) is 0 Å². The van der Waals surface area contributed by atoms with Gasteiger partial charge in [-0.05, 0) is 19.3 Å². The van der Waals surface area contributed by atoms with Crippen molar-refractivity contribution in [2.75, 3.05) is 20.3 Å². The van der Waals surface area contributed by atoms with Crippen molar-refractivity contribution < 1.29 is 14.2 Å². The van der Waals surface area contributed by atoms with E-state index in [1.54, 1.807) is 7.11 Å². The highest BCUT2D eigenvalue weighted by Gasteiger charge is 2.38. The zero-order valence-corrected chi connectivity index (χ0v) is 15.3. The summed E-state index contributed by atoms with van der Waals surface area (Å²) in [6, 6.07) is -0.170. The van der Waals surface area contributed by atoms with Gasteiger partial charge in [-0.1, -0.05) is 58.1 Å². The Labute approximate surface area is 142 Å². The van der Waals surface area contributed by atoms with Gasteiger partial charge in [-0.3, -0.25) is 0 Å². The molecule has 0 radical (unpaired) electrons. The summed E-state index contributed by atoms with van der Waals surface area (Å²) in [6.07, 6.45) is 13.9. The molecule has 4 atom stereocenters. The molecule has 0 amide bonds. The first-order chi connectivity index (χ1) is 11.2. The fraction of sp³-hybridized carbons (Fsp3) is 0.895. The molecule has 1 saturated heterocycles. The minimum absolute atomic E-state index is 0.0553. The molecule has 0 bridgehead atoms. The van der Waals surface area contributed by atoms with Gasteiger partial charge in [0.15, 0.2) is 0 Å². The van der Waals surface area contributed by atoms with Crippen LogP contribution in [0.1, 0.15) is 65.2 Å². The van der Waals surface area contributed by atoms with Crippen LogP contribution in [0, 0.1) is 0 Å². The van der Waals surface area contributed by atoms with Gasteiger partial charge in [-0.15, -0.1) is 0 Å². The zero-order chi connectivity index (χ0) is 16.9. The number of hydrogen-bond donors (Lipinski definition) is 1. The number of rotatable bonds is 12. The maximum Gasteiger partial charge on any atom is 0.109 e. The molecule has 1 heterocycles. The second-order valence-corrected chi connectivity index (χ2v) is 6.47. The third kappa shape index (κ3) is 7.79. The number of methoxy groups -OCH3 is 1. The van der Waals surface area contributed by atoms with E-state index in [9.17, 15) is 0 Å². The first kappa shape index (κ1) is 20.6. The highest BCUT2D eigenvalue weighted by Crippen LogP contribution is 2.20. The van der Waals surface area contributed by atoms with Gasteiger partial charge < -0.3 is 19.9 Å². The van der Waals surface area contributed by atoms with Crippen LogP contribution in [0.25, 0.3) is 0 Å². The van der Waals surface area contributed by atoms with E-state index in [-0.39, 0.29) is 24.4 Å². The third-order valence-corrected chi connectivity index (χ3v) is 4.48. The summed E-state index contributed by atoms with van der Waals surface area (Å²) in [5, 5.41) is 0. The Morgan fingerprint density at radius 2 is 1.83 bits per heavy atom. The predicted molar refractivity (Wildman–Crippen MR) is 95.7 cm³/mol. The van der Waals surface area contributed by atoms with E-state index in [0.29, 0.717) is 6.61 Å². The molecule has 1 aliphatic rings. The highest BCUT2D eigenvalue weighted by atomic mass is 16.6. The van der Waals surface area contributed by atoms with E-state index in [4.69, 9.17) is 19.9 Å².